The molecule has 1 aliphatic heterocycles. The van der Waals surface area contributed by atoms with E-state index < -0.39 is 5.60 Å². The van der Waals surface area contributed by atoms with Crippen molar-refractivity contribution in [2.24, 2.45) is 5.92 Å². The smallest absolute Gasteiger partial charge is 0.410 e. The van der Waals surface area contributed by atoms with E-state index in [9.17, 15) is 9.59 Å². The van der Waals surface area contributed by atoms with Crippen LogP contribution >= 0.6 is 0 Å². The molecule has 156 valence electrons. The van der Waals surface area contributed by atoms with Crippen LogP contribution in [0, 0.1) is 12.8 Å². The van der Waals surface area contributed by atoms with E-state index in [0.717, 1.165) is 30.6 Å². The summed E-state index contributed by atoms with van der Waals surface area (Å²) in [5.41, 5.74) is 1.38. The molecule has 0 radical (unpaired) electrons. The van der Waals surface area contributed by atoms with Crippen molar-refractivity contribution in [3.05, 3.63) is 29.6 Å². The Balaban J connectivity index is 1.96. The van der Waals surface area contributed by atoms with Crippen LogP contribution < -0.4 is 0 Å². The second-order valence-corrected chi connectivity index (χ2v) is 9.06. The molecule has 6 heteroatoms. The number of piperidine rings is 1. The molecule has 1 atom stereocenters. The molecule has 0 aromatic carbocycles. The molecule has 1 unspecified atom stereocenters. The zero-order valence-corrected chi connectivity index (χ0v) is 18.2. The van der Waals surface area contributed by atoms with Gasteiger partial charge in [0.25, 0.3) is 0 Å². The van der Waals surface area contributed by atoms with Gasteiger partial charge in [-0.3, -0.25) is 9.78 Å². The number of ether oxygens (including phenoxy) is 1. The summed E-state index contributed by atoms with van der Waals surface area (Å²) in [7, 11) is 0. The topological polar surface area (TPSA) is 62.7 Å². The molecular formula is C22H35N3O3. The van der Waals surface area contributed by atoms with Crippen LogP contribution in [0.3, 0.4) is 0 Å². The van der Waals surface area contributed by atoms with Crippen molar-refractivity contribution in [2.45, 2.75) is 72.4 Å². The lowest BCUT2D eigenvalue weighted by atomic mass is 9.96. The first kappa shape index (κ1) is 22.2. The molecule has 2 heterocycles. The van der Waals surface area contributed by atoms with Crippen LogP contribution in [0.1, 0.15) is 58.7 Å². The van der Waals surface area contributed by atoms with Crippen molar-refractivity contribution in [3.63, 3.8) is 0 Å². The quantitative estimate of drug-likeness (QED) is 0.768. The molecule has 1 aliphatic rings. The van der Waals surface area contributed by atoms with Crippen LogP contribution in [0.25, 0.3) is 0 Å². The Hall–Kier alpha value is -2.11. The average Bonchev–Trinajstić information content (AvgIpc) is 2.60. The summed E-state index contributed by atoms with van der Waals surface area (Å²) < 4.78 is 5.57. The van der Waals surface area contributed by atoms with E-state index in [1.807, 2.05) is 58.6 Å². The summed E-state index contributed by atoms with van der Waals surface area (Å²) in [6.45, 7) is 13.7. The highest BCUT2D eigenvalue weighted by atomic mass is 16.6. The number of nitrogens with zero attached hydrogens (tertiary/aromatic N) is 3. The van der Waals surface area contributed by atoms with Crippen LogP contribution in [0.2, 0.25) is 0 Å². The van der Waals surface area contributed by atoms with Crippen molar-refractivity contribution in [1.29, 1.82) is 0 Å². The first-order chi connectivity index (χ1) is 13.0. The third-order valence-corrected chi connectivity index (χ3v) is 4.91. The number of pyridine rings is 1. The second-order valence-electron chi connectivity index (χ2n) is 9.06. The summed E-state index contributed by atoms with van der Waals surface area (Å²) in [5.74, 6) is 0.396. The Kier molecular flexibility index (Phi) is 7.44. The van der Waals surface area contributed by atoms with Crippen molar-refractivity contribution >= 4 is 12.0 Å². The first-order valence-electron chi connectivity index (χ1n) is 10.2. The largest absolute Gasteiger partial charge is 0.444 e. The molecule has 1 fully saturated rings. The Labute approximate surface area is 169 Å². The van der Waals surface area contributed by atoms with Crippen molar-refractivity contribution < 1.29 is 14.3 Å². The number of hydrogen-bond acceptors (Lipinski definition) is 4. The van der Waals surface area contributed by atoms with E-state index in [0.29, 0.717) is 19.5 Å². The molecule has 0 N–H and O–H groups in total. The molecule has 0 spiro atoms. The van der Waals surface area contributed by atoms with E-state index >= 15 is 0 Å². The third-order valence-electron chi connectivity index (χ3n) is 4.91. The fraction of sp³-hybridized carbons (Fsp3) is 0.682. The van der Waals surface area contributed by atoms with Crippen molar-refractivity contribution in [3.8, 4) is 0 Å². The number of rotatable bonds is 5. The van der Waals surface area contributed by atoms with Crippen LogP contribution in [-0.4, -0.2) is 58.1 Å². The van der Waals surface area contributed by atoms with Gasteiger partial charge in [0.1, 0.15) is 5.60 Å². The Morgan fingerprint density at radius 3 is 2.61 bits per heavy atom. The van der Waals surface area contributed by atoms with Gasteiger partial charge in [0, 0.05) is 37.6 Å². The van der Waals surface area contributed by atoms with Gasteiger partial charge in [0.05, 0.1) is 6.42 Å². The number of carbonyl (C=O) groups excluding carboxylic acids is 2. The maximum Gasteiger partial charge on any atom is 0.410 e. The summed E-state index contributed by atoms with van der Waals surface area (Å²) in [6, 6.07) is 3.95. The molecule has 1 aromatic rings. The van der Waals surface area contributed by atoms with Gasteiger partial charge in [-0.2, -0.15) is 0 Å². The lowest BCUT2D eigenvalue weighted by molar-refractivity contribution is -0.132. The van der Waals surface area contributed by atoms with E-state index in [4.69, 9.17) is 4.74 Å². The average molecular weight is 390 g/mol. The molecule has 1 saturated heterocycles. The fourth-order valence-electron chi connectivity index (χ4n) is 3.42. The van der Waals surface area contributed by atoms with Crippen LogP contribution in [-0.2, 0) is 16.0 Å². The Morgan fingerprint density at radius 1 is 1.32 bits per heavy atom. The lowest BCUT2D eigenvalue weighted by Gasteiger charge is -2.37. The summed E-state index contributed by atoms with van der Waals surface area (Å²) in [5, 5.41) is 0. The molecule has 0 bridgehead atoms. The van der Waals surface area contributed by atoms with E-state index in [-0.39, 0.29) is 24.0 Å². The van der Waals surface area contributed by atoms with Gasteiger partial charge < -0.3 is 14.5 Å². The van der Waals surface area contributed by atoms with Gasteiger partial charge in [0.15, 0.2) is 0 Å². The highest BCUT2D eigenvalue weighted by Gasteiger charge is 2.30. The van der Waals surface area contributed by atoms with E-state index in [1.165, 1.54) is 0 Å². The highest BCUT2D eigenvalue weighted by Crippen LogP contribution is 2.21. The molecular weight excluding hydrogens is 354 g/mol. The van der Waals surface area contributed by atoms with Gasteiger partial charge in [-0.05, 0) is 71.9 Å². The monoisotopic (exact) mass is 389 g/mol. The van der Waals surface area contributed by atoms with Gasteiger partial charge in [-0.1, -0.05) is 6.07 Å². The van der Waals surface area contributed by atoms with Gasteiger partial charge >= 0.3 is 6.09 Å². The fourth-order valence-corrected chi connectivity index (χ4v) is 3.42. The molecule has 1 aromatic heterocycles. The SMILES string of the molecule is Cc1ccc(CC(=O)N2CCCC(CN(C(=O)OC(C)(C)C)C(C)C)C2)cn1. The second kappa shape index (κ2) is 9.39. The Morgan fingerprint density at radius 2 is 2.04 bits per heavy atom. The van der Waals surface area contributed by atoms with Crippen molar-refractivity contribution in [1.82, 2.24) is 14.8 Å². The van der Waals surface area contributed by atoms with E-state index in [2.05, 4.69) is 4.98 Å². The minimum atomic E-state index is -0.513. The van der Waals surface area contributed by atoms with Gasteiger partial charge in [-0.25, -0.2) is 4.79 Å². The standard InChI is InChI=1S/C22H35N3O3/c1-16(2)25(21(27)28-22(4,5)6)15-19-8-7-11-24(14-19)20(26)12-18-10-9-17(3)23-13-18/h9-10,13,16,19H,7-8,11-12,14-15H2,1-6H3. The van der Waals surface area contributed by atoms with Crippen molar-refractivity contribution in [2.75, 3.05) is 19.6 Å². The summed E-state index contributed by atoms with van der Waals surface area (Å²) in [6.07, 6.45) is 3.85. The number of aryl methyl sites for hydroxylation is 1. The number of carbonyl (C=O) groups is 2. The number of hydrogen-bond donors (Lipinski definition) is 0. The molecule has 6 nitrogen and oxygen atoms in total. The van der Waals surface area contributed by atoms with Crippen LogP contribution in [0.5, 0.6) is 0 Å². The summed E-state index contributed by atoms with van der Waals surface area (Å²) >= 11 is 0. The molecule has 0 saturated carbocycles. The van der Waals surface area contributed by atoms with Gasteiger partial charge in [-0.15, -0.1) is 0 Å². The minimum Gasteiger partial charge on any atom is -0.444 e. The first-order valence-corrected chi connectivity index (χ1v) is 10.2. The maximum atomic E-state index is 12.7. The van der Waals surface area contributed by atoms with Crippen LogP contribution in [0.4, 0.5) is 4.79 Å². The van der Waals surface area contributed by atoms with E-state index in [1.54, 1.807) is 11.1 Å². The minimum absolute atomic E-state index is 0.0551. The normalized spacial score (nSPS) is 17.5. The maximum absolute atomic E-state index is 12.7. The molecule has 2 amide bonds. The zero-order valence-electron chi connectivity index (χ0n) is 18.2. The van der Waals surface area contributed by atoms with Crippen LogP contribution in [0.15, 0.2) is 18.3 Å². The Bertz CT molecular complexity index is 665. The highest BCUT2D eigenvalue weighted by molar-refractivity contribution is 5.78. The molecule has 28 heavy (non-hydrogen) atoms. The molecule has 2 rings (SSSR count). The lowest BCUT2D eigenvalue weighted by Crippen LogP contribution is -2.48. The number of likely N-dealkylation sites (tertiary alicyclic amines) is 1. The number of aromatic nitrogens is 1. The predicted molar refractivity (Wildman–Crippen MR) is 110 cm³/mol. The third kappa shape index (κ3) is 6.80. The predicted octanol–water partition coefficient (Wildman–Crippen LogP) is 3.82. The van der Waals surface area contributed by atoms with Gasteiger partial charge in [0.2, 0.25) is 5.91 Å². The summed E-state index contributed by atoms with van der Waals surface area (Å²) in [4.78, 5) is 33.3. The zero-order chi connectivity index (χ0) is 20.9. The number of amides is 2. The molecule has 0 aliphatic carbocycles.